The smallest absolute Gasteiger partial charge is 0.246 e. The summed E-state index contributed by atoms with van der Waals surface area (Å²) in [6.07, 6.45) is 3.09. The maximum Gasteiger partial charge on any atom is 0.246 e. The minimum absolute atomic E-state index is 0.0569. The van der Waals surface area contributed by atoms with Gasteiger partial charge in [-0.05, 0) is 18.9 Å². The third-order valence-corrected chi connectivity index (χ3v) is 2.46. The number of ether oxygens (including phenoxy) is 1. The number of rotatable bonds is 4. The van der Waals surface area contributed by atoms with Crippen molar-refractivity contribution < 1.29 is 14.3 Å². The quantitative estimate of drug-likeness (QED) is 0.682. The first-order valence-electron chi connectivity index (χ1n) is 5.38. The van der Waals surface area contributed by atoms with Crippen molar-refractivity contribution in [3.63, 3.8) is 0 Å². The van der Waals surface area contributed by atoms with E-state index >= 15 is 0 Å². The van der Waals surface area contributed by atoms with Crippen LogP contribution in [0.25, 0.3) is 0 Å². The topological polar surface area (TPSA) is 58.6 Å². The number of nitrogens with one attached hydrogen (secondary N) is 1. The Balaban J connectivity index is 2.29. The van der Waals surface area contributed by atoms with Crippen LogP contribution >= 0.6 is 0 Å². The van der Waals surface area contributed by atoms with Gasteiger partial charge in [-0.3, -0.25) is 9.59 Å². The van der Waals surface area contributed by atoms with Gasteiger partial charge in [0.15, 0.2) is 0 Å². The van der Waals surface area contributed by atoms with Crippen molar-refractivity contribution in [1.82, 2.24) is 10.2 Å². The van der Waals surface area contributed by atoms with E-state index in [0.29, 0.717) is 6.61 Å². The van der Waals surface area contributed by atoms with Gasteiger partial charge < -0.3 is 15.0 Å². The molecule has 1 saturated heterocycles. The zero-order valence-electron chi connectivity index (χ0n) is 9.57. The highest BCUT2D eigenvalue weighted by atomic mass is 16.5. The van der Waals surface area contributed by atoms with Crippen molar-refractivity contribution in [3.8, 4) is 0 Å². The maximum absolute atomic E-state index is 11.5. The molecule has 1 aliphatic heterocycles. The number of amides is 2. The van der Waals surface area contributed by atoms with E-state index in [4.69, 9.17) is 4.74 Å². The average molecular weight is 226 g/mol. The molecule has 0 aromatic carbocycles. The lowest BCUT2D eigenvalue weighted by atomic mass is 10.1. The molecule has 1 fully saturated rings. The van der Waals surface area contributed by atoms with E-state index in [2.05, 4.69) is 11.9 Å². The summed E-state index contributed by atoms with van der Waals surface area (Å²) in [5, 5.41) is 2.84. The molecule has 1 N–H and O–H groups in total. The number of carbonyl (C=O) groups is 2. The first-order chi connectivity index (χ1) is 7.63. The van der Waals surface area contributed by atoms with Gasteiger partial charge in [0.1, 0.15) is 0 Å². The molecule has 5 nitrogen and oxygen atoms in total. The summed E-state index contributed by atoms with van der Waals surface area (Å²) in [7, 11) is 1.57. The molecule has 16 heavy (non-hydrogen) atoms. The molecular formula is C11H18N2O3. The van der Waals surface area contributed by atoms with Gasteiger partial charge in [-0.2, -0.15) is 0 Å². The zero-order chi connectivity index (χ0) is 12.0. The first kappa shape index (κ1) is 12.7. The highest BCUT2D eigenvalue weighted by Gasteiger charge is 2.17. The Morgan fingerprint density at radius 3 is 2.94 bits per heavy atom. The molecule has 0 saturated carbocycles. The van der Waals surface area contributed by atoms with Crippen LogP contribution in [-0.2, 0) is 14.3 Å². The van der Waals surface area contributed by atoms with E-state index < -0.39 is 0 Å². The van der Waals surface area contributed by atoms with Gasteiger partial charge in [0.25, 0.3) is 0 Å². The van der Waals surface area contributed by atoms with Crippen LogP contribution in [0.5, 0.6) is 0 Å². The molecule has 1 aliphatic rings. The number of likely N-dealkylation sites (N-methyl/N-ethyl adjacent to an activating group) is 1. The monoisotopic (exact) mass is 226 g/mol. The van der Waals surface area contributed by atoms with Crippen LogP contribution in [0.3, 0.4) is 0 Å². The predicted octanol–water partition coefficient (Wildman–Crippen LogP) is -0.0740. The Bertz CT molecular complexity index is 272. The highest BCUT2D eigenvalue weighted by molar-refractivity contribution is 5.90. The second-order valence-corrected chi connectivity index (χ2v) is 3.88. The van der Waals surface area contributed by atoms with Gasteiger partial charge in [0, 0.05) is 13.7 Å². The molecule has 2 amide bonds. The molecule has 1 atom stereocenters. The number of carbonyl (C=O) groups excluding carboxylic acids is 2. The molecule has 0 radical (unpaired) electrons. The summed E-state index contributed by atoms with van der Waals surface area (Å²) in [4.78, 5) is 24.0. The van der Waals surface area contributed by atoms with Crippen LogP contribution in [0.15, 0.2) is 12.7 Å². The molecule has 90 valence electrons. The summed E-state index contributed by atoms with van der Waals surface area (Å²) in [5.41, 5.74) is 0. The highest BCUT2D eigenvalue weighted by Crippen LogP contribution is 2.05. The van der Waals surface area contributed by atoms with Crippen LogP contribution in [0.1, 0.15) is 12.8 Å². The Morgan fingerprint density at radius 2 is 2.38 bits per heavy atom. The lowest BCUT2D eigenvalue weighted by Gasteiger charge is -2.24. The number of hydrogen-bond donors (Lipinski definition) is 1. The molecule has 0 aromatic rings. The predicted molar refractivity (Wildman–Crippen MR) is 59.8 cm³/mol. The van der Waals surface area contributed by atoms with Crippen molar-refractivity contribution in [2.24, 2.45) is 0 Å². The van der Waals surface area contributed by atoms with E-state index in [1.165, 1.54) is 11.0 Å². The maximum atomic E-state index is 11.5. The summed E-state index contributed by atoms with van der Waals surface area (Å²) >= 11 is 0. The lowest BCUT2D eigenvalue weighted by Crippen LogP contribution is -2.45. The standard InChI is InChI=1S/C11H18N2O3/c1-3-11(15)13(2)7-10(14)12-9-5-4-6-16-8-9/h3,9H,1,4-8H2,2H3,(H,12,14)/t9-/m0/s1. The fourth-order valence-electron chi connectivity index (χ4n) is 1.58. The van der Waals surface area contributed by atoms with Crippen LogP contribution in [-0.4, -0.2) is 49.6 Å². The van der Waals surface area contributed by atoms with Crippen LogP contribution in [0.2, 0.25) is 0 Å². The molecule has 1 rings (SSSR count). The van der Waals surface area contributed by atoms with Crippen molar-refractivity contribution in [3.05, 3.63) is 12.7 Å². The van der Waals surface area contributed by atoms with E-state index in [0.717, 1.165) is 19.4 Å². The SMILES string of the molecule is C=CC(=O)N(C)CC(=O)N[C@H]1CCCOC1. The normalized spacial score (nSPS) is 19.9. The van der Waals surface area contributed by atoms with E-state index in [9.17, 15) is 9.59 Å². The van der Waals surface area contributed by atoms with Crippen molar-refractivity contribution in [2.45, 2.75) is 18.9 Å². The van der Waals surface area contributed by atoms with Gasteiger partial charge in [-0.25, -0.2) is 0 Å². The van der Waals surface area contributed by atoms with Crippen LogP contribution in [0, 0.1) is 0 Å². The van der Waals surface area contributed by atoms with Gasteiger partial charge >= 0.3 is 0 Å². The Morgan fingerprint density at radius 1 is 1.62 bits per heavy atom. The number of nitrogens with zero attached hydrogens (tertiary/aromatic N) is 1. The van der Waals surface area contributed by atoms with Crippen LogP contribution < -0.4 is 5.32 Å². The minimum atomic E-state index is -0.255. The fourth-order valence-corrected chi connectivity index (χ4v) is 1.58. The minimum Gasteiger partial charge on any atom is -0.379 e. The summed E-state index contributed by atoms with van der Waals surface area (Å²) in [6, 6.07) is 0.0773. The fraction of sp³-hybridized carbons (Fsp3) is 0.636. The van der Waals surface area contributed by atoms with Crippen molar-refractivity contribution in [1.29, 1.82) is 0 Å². The summed E-state index contributed by atoms with van der Waals surface area (Å²) in [5.74, 6) is -0.414. The molecule has 0 aromatic heterocycles. The molecule has 0 aliphatic carbocycles. The zero-order valence-corrected chi connectivity index (χ0v) is 9.57. The second kappa shape index (κ2) is 6.27. The van der Waals surface area contributed by atoms with Crippen LogP contribution in [0.4, 0.5) is 0 Å². The van der Waals surface area contributed by atoms with E-state index in [1.807, 2.05) is 0 Å². The molecule has 0 bridgehead atoms. The lowest BCUT2D eigenvalue weighted by molar-refractivity contribution is -0.131. The average Bonchev–Trinajstić information content (AvgIpc) is 2.29. The molecule has 0 spiro atoms. The van der Waals surface area contributed by atoms with Crippen molar-refractivity contribution in [2.75, 3.05) is 26.8 Å². The molecule has 0 unspecified atom stereocenters. The van der Waals surface area contributed by atoms with Gasteiger partial charge in [0.2, 0.25) is 11.8 Å². The Hall–Kier alpha value is -1.36. The Labute approximate surface area is 95.4 Å². The summed E-state index contributed by atoms with van der Waals surface area (Å²) < 4.78 is 5.25. The van der Waals surface area contributed by atoms with E-state index in [1.54, 1.807) is 7.05 Å². The third kappa shape index (κ3) is 4.02. The van der Waals surface area contributed by atoms with Gasteiger partial charge in [-0.15, -0.1) is 0 Å². The molecular weight excluding hydrogens is 208 g/mol. The first-order valence-corrected chi connectivity index (χ1v) is 5.38. The number of hydrogen-bond acceptors (Lipinski definition) is 3. The third-order valence-electron chi connectivity index (χ3n) is 2.46. The van der Waals surface area contributed by atoms with Crippen molar-refractivity contribution >= 4 is 11.8 Å². The summed E-state index contributed by atoms with van der Waals surface area (Å²) in [6.45, 7) is 4.74. The van der Waals surface area contributed by atoms with Gasteiger partial charge in [0.05, 0.1) is 19.2 Å². The van der Waals surface area contributed by atoms with Gasteiger partial charge in [-0.1, -0.05) is 6.58 Å². The second-order valence-electron chi connectivity index (χ2n) is 3.88. The molecule has 5 heteroatoms. The Kier molecular flexibility index (Phi) is 4.98. The van der Waals surface area contributed by atoms with E-state index in [-0.39, 0.29) is 24.4 Å². The molecule has 1 heterocycles. The largest absolute Gasteiger partial charge is 0.379 e.